The number of hydrogen-bond donors (Lipinski definition) is 2. The van der Waals surface area contributed by atoms with Gasteiger partial charge in [-0.3, -0.25) is 4.79 Å². The van der Waals surface area contributed by atoms with Gasteiger partial charge in [0.05, 0.1) is 36.9 Å². The van der Waals surface area contributed by atoms with Crippen LogP contribution >= 0.6 is 23.7 Å². The summed E-state index contributed by atoms with van der Waals surface area (Å²) in [6.07, 6.45) is 0.424. The lowest BCUT2D eigenvalue weighted by atomic mass is 10.1. The number of nitrogens with zero attached hydrogens (tertiary/aromatic N) is 1. The molecule has 1 aliphatic heterocycles. The van der Waals surface area contributed by atoms with E-state index in [2.05, 4.69) is 15.6 Å². The van der Waals surface area contributed by atoms with Crippen molar-refractivity contribution in [1.82, 2.24) is 15.6 Å². The molecule has 2 N–H and O–H groups in total. The molecule has 0 spiro atoms. The highest BCUT2D eigenvalue weighted by molar-refractivity contribution is 7.15. The van der Waals surface area contributed by atoms with Gasteiger partial charge in [0.2, 0.25) is 5.91 Å². The number of methoxy groups -OCH3 is 1. The molecule has 1 amide bonds. The molecule has 0 saturated carbocycles. The molecule has 1 fully saturated rings. The molecule has 3 rings (SSSR count). The standard InChI is InChI=1S/C19H25N3O3S.ClH/c1-12(21-17(23)10-15-11-25-9-8-20-15)18-13(2)22-19(26-18)14-4-6-16(24-3)7-5-14;/h4-7,12,15,20H,8-11H2,1-3H3,(H,21,23);1H. The van der Waals surface area contributed by atoms with Crippen LogP contribution in [0.5, 0.6) is 5.75 Å². The number of aromatic nitrogens is 1. The van der Waals surface area contributed by atoms with Gasteiger partial charge < -0.3 is 20.1 Å². The summed E-state index contributed by atoms with van der Waals surface area (Å²) in [6, 6.07) is 7.87. The number of carbonyl (C=O) groups excluding carboxylic acids is 1. The molecule has 2 heterocycles. The SMILES string of the molecule is COc1ccc(-c2nc(C)c(C(C)NC(=O)CC3COCCN3)s2)cc1.Cl. The van der Waals surface area contributed by atoms with Crippen molar-refractivity contribution in [3.8, 4) is 16.3 Å². The van der Waals surface area contributed by atoms with Crippen molar-refractivity contribution in [3.05, 3.63) is 34.8 Å². The van der Waals surface area contributed by atoms with Gasteiger partial charge >= 0.3 is 0 Å². The fourth-order valence-electron chi connectivity index (χ4n) is 3.01. The summed E-state index contributed by atoms with van der Waals surface area (Å²) in [7, 11) is 1.65. The van der Waals surface area contributed by atoms with E-state index in [-0.39, 0.29) is 30.4 Å². The van der Waals surface area contributed by atoms with Gasteiger partial charge in [-0.15, -0.1) is 23.7 Å². The van der Waals surface area contributed by atoms with E-state index in [0.29, 0.717) is 19.6 Å². The third-order valence-corrected chi connectivity index (χ3v) is 5.76. The lowest BCUT2D eigenvalue weighted by molar-refractivity contribution is -0.122. The number of rotatable bonds is 6. The van der Waals surface area contributed by atoms with Crippen LogP contribution in [-0.2, 0) is 9.53 Å². The van der Waals surface area contributed by atoms with E-state index in [4.69, 9.17) is 9.47 Å². The second-order valence-corrected chi connectivity index (χ2v) is 7.45. The summed E-state index contributed by atoms with van der Waals surface area (Å²) in [5, 5.41) is 7.33. The number of ether oxygens (including phenoxy) is 2. The van der Waals surface area contributed by atoms with Crippen LogP contribution in [0, 0.1) is 6.92 Å². The van der Waals surface area contributed by atoms with E-state index in [0.717, 1.165) is 33.4 Å². The van der Waals surface area contributed by atoms with Crippen LogP contribution in [0.1, 0.15) is 30.0 Å². The number of nitrogens with one attached hydrogen (secondary N) is 2. The van der Waals surface area contributed by atoms with Crippen molar-refractivity contribution < 1.29 is 14.3 Å². The first kappa shape index (κ1) is 21.6. The van der Waals surface area contributed by atoms with Crippen molar-refractivity contribution in [2.45, 2.75) is 32.4 Å². The zero-order valence-electron chi connectivity index (χ0n) is 15.8. The van der Waals surface area contributed by atoms with Crippen molar-refractivity contribution in [2.75, 3.05) is 26.9 Å². The molecule has 148 valence electrons. The maximum absolute atomic E-state index is 12.3. The van der Waals surface area contributed by atoms with Crippen LogP contribution in [0.4, 0.5) is 0 Å². The Bertz CT molecular complexity index is 745. The fourth-order valence-corrected chi connectivity index (χ4v) is 4.08. The molecule has 2 atom stereocenters. The van der Waals surface area contributed by atoms with E-state index in [1.165, 1.54) is 0 Å². The average molecular weight is 412 g/mol. The molecule has 8 heteroatoms. The summed E-state index contributed by atoms with van der Waals surface area (Å²) in [5.41, 5.74) is 2.00. The molecular weight excluding hydrogens is 386 g/mol. The Morgan fingerprint density at radius 3 is 2.81 bits per heavy atom. The smallest absolute Gasteiger partial charge is 0.222 e. The Balaban J connectivity index is 0.00000261. The van der Waals surface area contributed by atoms with Gasteiger partial charge in [-0.1, -0.05) is 0 Å². The Kier molecular flexibility index (Phi) is 8.04. The number of aryl methyl sites for hydroxylation is 1. The highest BCUT2D eigenvalue weighted by Gasteiger charge is 2.21. The molecule has 1 aromatic heterocycles. The van der Waals surface area contributed by atoms with Gasteiger partial charge in [0.15, 0.2) is 0 Å². The Morgan fingerprint density at radius 1 is 1.44 bits per heavy atom. The van der Waals surface area contributed by atoms with Crippen molar-refractivity contribution >= 4 is 29.7 Å². The fraction of sp³-hybridized carbons (Fsp3) is 0.474. The van der Waals surface area contributed by atoms with Gasteiger partial charge in [0, 0.05) is 24.6 Å². The van der Waals surface area contributed by atoms with Crippen molar-refractivity contribution in [1.29, 1.82) is 0 Å². The number of thiazole rings is 1. The maximum atomic E-state index is 12.3. The monoisotopic (exact) mass is 411 g/mol. The molecule has 6 nitrogen and oxygen atoms in total. The molecular formula is C19H26ClN3O3S. The molecule has 0 radical (unpaired) electrons. The van der Waals surface area contributed by atoms with E-state index in [9.17, 15) is 4.79 Å². The predicted molar refractivity (Wildman–Crippen MR) is 110 cm³/mol. The second kappa shape index (κ2) is 10.0. The zero-order valence-corrected chi connectivity index (χ0v) is 17.4. The number of morpholine rings is 1. The number of amides is 1. The summed E-state index contributed by atoms with van der Waals surface area (Å²) >= 11 is 1.62. The molecule has 1 saturated heterocycles. The summed E-state index contributed by atoms with van der Waals surface area (Å²) < 4.78 is 10.6. The Labute approximate surface area is 170 Å². The van der Waals surface area contributed by atoms with Gasteiger partial charge in [0.1, 0.15) is 10.8 Å². The molecule has 2 aromatic rings. The maximum Gasteiger partial charge on any atom is 0.222 e. The van der Waals surface area contributed by atoms with Crippen molar-refractivity contribution in [3.63, 3.8) is 0 Å². The molecule has 2 unspecified atom stereocenters. The first-order valence-corrected chi connectivity index (χ1v) is 9.60. The molecule has 0 aliphatic carbocycles. The van der Waals surface area contributed by atoms with Gasteiger partial charge in [0.25, 0.3) is 0 Å². The topological polar surface area (TPSA) is 72.5 Å². The Morgan fingerprint density at radius 2 is 2.19 bits per heavy atom. The van der Waals surface area contributed by atoms with Gasteiger partial charge in [-0.05, 0) is 38.1 Å². The van der Waals surface area contributed by atoms with Crippen LogP contribution in [0.3, 0.4) is 0 Å². The normalized spacial score (nSPS) is 17.7. The summed E-state index contributed by atoms with van der Waals surface area (Å²) in [4.78, 5) is 18.1. The van der Waals surface area contributed by atoms with Gasteiger partial charge in [-0.2, -0.15) is 0 Å². The molecule has 0 bridgehead atoms. The second-order valence-electron chi connectivity index (χ2n) is 6.42. The minimum atomic E-state index is -0.0727. The average Bonchev–Trinajstić information content (AvgIpc) is 3.04. The van der Waals surface area contributed by atoms with Crippen LogP contribution in [0.25, 0.3) is 10.6 Å². The van der Waals surface area contributed by atoms with Crippen molar-refractivity contribution in [2.24, 2.45) is 0 Å². The van der Waals surface area contributed by atoms with Crippen LogP contribution in [-0.4, -0.2) is 43.8 Å². The first-order chi connectivity index (χ1) is 12.6. The number of halogens is 1. The number of carbonyl (C=O) groups is 1. The zero-order chi connectivity index (χ0) is 18.5. The lowest BCUT2D eigenvalue weighted by Gasteiger charge is -2.24. The van der Waals surface area contributed by atoms with E-state index in [1.807, 2.05) is 38.1 Å². The quantitative estimate of drug-likeness (QED) is 0.764. The van der Waals surface area contributed by atoms with Crippen LogP contribution < -0.4 is 15.4 Å². The molecule has 27 heavy (non-hydrogen) atoms. The Hall–Kier alpha value is -1.67. The number of benzene rings is 1. The molecule has 1 aliphatic rings. The minimum absolute atomic E-state index is 0. The largest absolute Gasteiger partial charge is 0.497 e. The third kappa shape index (κ3) is 5.65. The predicted octanol–water partition coefficient (Wildman–Crippen LogP) is 3.10. The third-order valence-electron chi connectivity index (χ3n) is 4.37. The highest BCUT2D eigenvalue weighted by atomic mass is 35.5. The molecule has 1 aromatic carbocycles. The lowest BCUT2D eigenvalue weighted by Crippen LogP contribution is -2.44. The van der Waals surface area contributed by atoms with Crippen LogP contribution in [0.15, 0.2) is 24.3 Å². The van der Waals surface area contributed by atoms with Gasteiger partial charge in [-0.25, -0.2) is 4.98 Å². The first-order valence-electron chi connectivity index (χ1n) is 8.79. The van der Waals surface area contributed by atoms with Crippen LogP contribution in [0.2, 0.25) is 0 Å². The minimum Gasteiger partial charge on any atom is -0.497 e. The summed E-state index contributed by atoms with van der Waals surface area (Å²) in [6.45, 7) is 6.08. The summed E-state index contributed by atoms with van der Waals surface area (Å²) in [5.74, 6) is 0.850. The highest BCUT2D eigenvalue weighted by Crippen LogP contribution is 2.32. The number of hydrogen-bond acceptors (Lipinski definition) is 6. The van der Waals surface area contributed by atoms with E-state index in [1.54, 1.807) is 18.4 Å². The van der Waals surface area contributed by atoms with E-state index >= 15 is 0 Å². The van der Waals surface area contributed by atoms with E-state index < -0.39 is 0 Å².